The van der Waals surface area contributed by atoms with Gasteiger partial charge in [0.1, 0.15) is 0 Å². The smallest absolute Gasteiger partial charge is 0.329 e. The second-order valence-electron chi connectivity index (χ2n) is 15.0. The molecular weight excluding hydrogens is 642 g/mol. The number of imidazole rings is 1. The highest BCUT2D eigenvalue weighted by molar-refractivity contribution is 5.99. The van der Waals surface area contributed by atoms with Crippen molar-refractivity contribution < 1.29 is 9.53 Å². The number of benzene rings is 2. The zero-order chi connectivity index (χ0) is 36.0. The Labute approximate surface area is 300 Å². The number of H-pyrrole nitrogens is 1. The minimum Gasteiger partial charge on any atom is -0.378 e. The Bertz CT molecular complexity index is 2040. The molecule has 0 aliphatic carbocycles. The van der Waals surface area contributed by atoms with E-state index in [-0.39, 0.29) is 29.7 Å². The molecule has 2 aromatic heterocycles. The number of carbonyl (C=O) groups excluding carboxylic acids is 1. The number of nitrogens with zero attached hydrogens (tertiary/aromatic N) is 5. The highest BCUT2D eigenvalue weighted by Crippen LogP contribution is 2.36. The molecule has 0 spiro atoms. The molecule has 3 aliphatic heterocycles. The van der Waals surface area contributed by atoms with Crippen molar-refractivity contribution in [3.63, 3.8) is 0 Å². The summed E-state index contributed by atoms with van der Waals surface area (Å²) < 4.78 is 9.22. The Morgan fingerprint density at radius 1 is 0.902 bits per heavy atom. The van der Waals surface area contributed by atoms with Gasteiger partial charge in [0.15, 0.2) is 0 Å². The van der Waals surface area contributed by atoms with Gasteiger partial charge in [0.25, 0.3) is 11.5 Å². The van der Waals surface area contributed by atoms with Crippen molar-refractivity contribution in [2.75, 3.05) is 57.9 Å². The van der Waals surface area contributed by atoms with Crippen LogP contribution in [-0.4, -0.2) is 94.9 Å². The molecule has 51 heavy (non-hydrogen) atoms. The fraction of sp³-hybridized carbons (Fsp3) is 0.525. The number of nitrogens with one attached hydrogen (secondary N) is 2. The third-order valence-electron chi connectivity index (χ3n) is 11.7. The Kier molecular flexibility index (Phi) is 9.97. The minimum absolute atomic E-state index is 0.0136. The molecule has 11 heteroatoms. The lowest BCUT2D eigenvalue weighted by molar-refractivity contribution is -0.0711. The number of fused-ring (bicyclic) bond motifs is 1. The third kappa shape index (κ3) is 6.79. The van der Waals surface area contributed by atoms with Crippen LogP contribution in [-0.2, 0) is 18.3 Å². The van der Waals surface area contributed by atoms with Gasteiger partial charge in [-0.05, 0) is 126 Å². The molecular formula is C40H53N7O4. The van der Waals surface area contributed by atoms with Crippen molar-refractivity contribution in [3.8, 4) is 11.1 Å². The first-order valence-corrected chi connectivity index (χ1v) is 18.6. The predicted molar refractivity (Wildman–Crippen MR) is 203 cm³/mol. The van der Waals surface area contributed by atoms with E-state index in [9.17, 15) is 14.4 Å². The molecule has 0 atom stereocenters. The van der Waals surface area contributed by atoms with E-state index in [1.54, 1.807) is 4.57 Å². The normalized spacial score (nSPS) is 18.3. The van der Waals surface area contributed by atoms with E-state index < -0.39 is 0 Å². The van der Waals surface area contributed by atoms with E-state index in [2.05, 4.69) is 63.2 Å². The van der Waals surface area contributed by atoms with Crippen LogP contribution in [0.4, 0.5) is 5.69 Å². The zero-order valence-corrected chi connectivity index (χ0v) is 31.1. The summed E-state index contributed by atoms with van der Waals surface area (Å²) in [5, 5.41) is 3.07. The highest BCUT2D eigenvalue weighted by Gasteiger charge is 2.32. The maximum atomic E-state index is 14.1. The lowest BCUT2D eigenvalue weighted by atomic mass is 9.94. The molecule has 3 fully saturated rings. The molecule has 0 radical (unpaired) electrons. The Hall–Kier alpha value is -4.19. The van der Waals surface area contributed by atoms with E-state index in [0.29, 0.717) is 23.2 Å². The third-order valence-corrected chi connectivity index (χ3v) is 11.7. The van der Waals surface area contributed by atoms with E-state index in [1.807, 2.05) is 44.5 Å². The molecule has 1 amide bonds. The summed E-state index contributed by atoms with van der Waals surface area (Å²) in [6, 6.07) is 13.5. The highest BCUT2D eigenvalue weighted by atomic mass is 16.5. The first-order valence-electron chi connectivity index (χ1n) is 18.6. The molecule has 11 nitrogen and oxygen atoms in total. The van der Waals surface area contributed by atoms with Crippen molar-refractivity contribution in [2.45, 2.75) is 78.0 Å². The van der Waals surface area contributed by atoms with Crippen LogP contribution >= 0.6 is 0 Å². The van der Waals surface area contributed by atoms with E-state index in [1.165, 1.54) is 0 Å². The number of piperidine rings is 2. The Morgan fingerprint density at radius 3 is 2.27 bits per heavy atom. The van der Waals surface area contributed by atoms with Gasteiger partial charge >= 0.3 is 5.69 Å². The van der Waals surface area contributed by atoms with Crippen LogP contribution in [0.25, 0.3) is 22.2 Å². The van der Waals surface area contributed by atoms with Gasteiger partial charge in [-0.3, -0.25) is 23.6 Å². The Morgan fingerprint density at radius 2 is 1.63 bits per heavy atom. The summed E-state index contributed by atoms with van der Waals surface area (Å²) in [4.78, 5) is 50.7. The number of pyridine rings is 1. The van der Waals surface area contributed by atoms with E-state index in [4.69, 9.17) is 4.74 Å². The standard InChI is InChI=1S/C40H53N7O4/c1-7-46(30-12-16-45(17-13-30)32-23-51-24-32)36-21-29(19-33(27(36)4)38(48)41-22-34-25(2)18-26(3)42-39(34)49)28-8-9-35-37(20-28)44(6)40(50)47(35)31-10-14-43(5)15-11-31/h8-9,18-21,30-32H,7,10-17,22-24H2,1-6H3,(H,41,48)(H,42,49). The average Bonchev–Trinajstić information content (AvgIpc) is 3.34. The largest absolute Gasteiger partial charge is 0.378 e. The first kappa shape index (κ1) is 35.2. The number of likely N-dealkylation sites (tertiary alicyclic amines) is 2. The van der Waals surface area contributed by atoms with Crippen LogP contribution in [0.1, 0.15) is 71.4 Å². The lowest BCUT2D eigenvalue weighted by Crippen LogP contribution is -2.54. The van der Waals surface area contributed by atoms with Crippen molar-refractivity contribution >= 4 is 22.6 Å². The minimum atomic E-state index is -0.215. The topological polar surface area (TPSA) is 108 Å². The monoisotopic (exact) mass is 695 g/mol. The van der Waals surface area contributed by atoms with Crippen LogP contribution < -0.4 is 21.5 Å². The Balaban J connectivity index is 1.26. The van der Waals surface area contributed by atoms with Crippen LogP contribution in [0.5, 0.6) is 0 Å². The van der Waals surface area contributed by atoms with Gasteiger partial charge in [0.05, 0.1) is 30.3 Å². The lowest BCUT2D eigenvalue weighted by Gasteiger charge is -2.44. The maximum Gasteiger partial charge on any atom is 0.329 e. The molecule has 7 rings (SSSR count). The number of carbonyl (C=O) groups is 1. The van der Waals surface area contributed by atoms with E-state index >= 15 is 0 Å². The zero-order valence-electron chi connectivity index (χ0n) is 31.1. The van der Waals surface area contributed by atoms with E-state index in [0.717, 1.165) is 116 Å². The van der Waals surface area contributed by atoms with Gasteiger partial charge in [0.2, 0.25) is 0 Å². The van der Waals surface area contributed by atoms with Gasteiger partial charge in [-0.25, -0.2) is 4.79 Å². The van der Waals surface area contributed by atoms with Gasteiger partial charge in [0, 0.05) is 67.8 Å². The molecule has 3 aliphatic rings. The summed E-state index contributed by atoms with van der Waals surface area (Å²) >= 11 is 0. The number of rotatable bonds is 9. The number of hydrogen-bond acceptors (Lipinski definition) is 7. The second-order valence-corrected chi connectivity index (χ2v) is 15.0. The molecule has 272 valence electrons. The number of anilines is 1. The predicted octanol–water partition coefficient (Wildman–Crippen LogP) is 4.51. The number of ether oxygens (including phenoxy) is 1. The summed E-state index contributed by atoms with van der Waals surface area (Å²) in [7, 11) is 3.99. The van der Waals surface area contributed by atoms with Crippen LogP contribution in [0.15, 0.2) is 46.0 Å². The summed E-state index contributed by atoms with van der Waals surface area (Å²) in [6.45, 7) is 14.6. The van der Waals surface area contributed by atoms with Crippen LogP contribution in [0, 0.1) is 20.8 Å². The second kappa shape index (κ2) is 14.4. The molecule has 4 aromatic rings. The van der Waals surface area contributed by atoms with Gasteiger partial charge < -0.3 is 24.8 Å². The van der Waals surface area contributed by atoms with Crippen molar-refractivity contribution in [1.29, 1.82) is 0 Å². The van der Waals surface area contributed by atoms with Crippen LogP contribution in [0.2, 0.25) is 0 Å². The maximum absolute atomic E-state index is 14.1. The van der Waals surface area contributed by atoms with Crippen molar-refractivity contribution in [2.24, 2.45) is 7.05 Å². The fourth-order valence-corrected chi connectivity index (χ4v) is 8.54. The number of hydrogen-bond donors (Lipinski definition) is 2. The fourth-order valence-electron chi connectivity index (χ4n) is 8.54. The number of aromatic nitrogens is 3. The average molecular weight is 696 g/mol. The summed E-state index contributed by atoms with van der Waals surface area (Å²) in [5.74, 6) is -0.215. The number of amides is 1. The SMILES string of the molecule is CCN(c1cc(-c2ccc3c(c2)n(C)c(=O)n3C2CCN(C)CC2)cc(C(=O)NCc2c(C)cc(C)[nH]c2=O)c1C)C1CCN(C2COC2)CC1. The number of aryl methyl sites for hydroxylation is 3. The molecule has 2 aromatic carbocycles. The van der Waals surface area contributed by atoms with Crippen LogP contribution in [0.3, 0.4) is 0 Å². The molecule has 5 heterocycles. The van der Waals surface area contributed by atoms with Crippen molar-refractivity contribution in [3.05, 3.63) is 85.2 Å². The first-order chi connectivity index (χ1) is 24.5. The molecule has 0 unspecified atom stereocenters. The molecule has 0 saturated carbocycles. The molecule has 2 N–H and O–H groups in total. The molecule has 3 saturated heterocycles. The van der Waals surface area contributed by atoms with Gasteiger partial charge in [-0.1, -0.05) is 6.07 Å². The quantitative estimate of drug-likeness (QED) is 0.266. The number of aromatic amines is 1. The summed E-state index contributed by atoms with van der Waals surface area (Å²) in [6.07, 6.45) is 3.99. The summed E-state index contributed by atoms with van der Waals surface area (Å²) in [5.41, 5.74) is 8.31. The van der Waals surface area contributed by atoms with Gasteiger partial charge in [-0.15, -0.1) is 0 Å². The molecule has 0 bridgehead atoms. The van der Waals surface area contributed by atoms with Crippen molar-refractivity contribution in [1.82, 2.24) is 29.2 Å². The van der Waals surface area contributed by atoms with Gasteiger partial charge in [-0.2, -0.15) is 0 Å².